The van der Waals surface area contributed by atoms with E-state index in [1.165, 1.54) is 37.8 Å². The van der Waals surface area contributed by atoms with Crippen molar-refractivity contribution in [3.05, 3.63) is 59.4 Å². The molecule has 1 saturated heterocycles. The molecule has 1 aliphatic heterocycles. The number of hydrogen-bond acceptors (Lipinski definition) is 3. The normalized spacial score (nSPS) is 22.4. The van der Waals surface area contributed by atoms with Crippen LogP contribution >= 0.6 is 0 Å². The van der Waals surface area contributed by atoms with Crippen molar-refractivity contribution in [3.8, 4) is 11.5 Å². The molecular formula is C24H24F6O3. The average molecular weight is 474 g/mol. The molecular weight excluding hydrogens is 450 g/mol. The molecule has 1 heterocycles. The number of rotatable bonds is 6. The van der Waals surface area contributed by atoms with Crippen LogP contribution in [-0.4, -0.2) is 13.0 Å². The van der Waals surface area contributed by atoms with Crippen molar-refractivity contribution >= 4 is 0 Å². The van der Waals surface area contributed by atoms with Crippen molar-refractivity contribution in [1.29, 1.82) is 0 Å². The molecule has 2 atom stereocenters. The maximum Gasteiger partial charge on any atom is 0.573 e. The smallest absolute Gasteiger partial charge is 0.429 e. The standard InChI is InChI=1S/C24H24F6O3/c25-20-13-19(10-12-22(20)33-24(28,29)30)32-23(26,27)18-8-5-16(6-9-18)21-11-7-17(14-31-21)15-3-1-2-4-15/h5-6,8-10,12-13,15,17,21H,1-4,7,11,14H2. The van der Waals surface area contributed by atoms with Gasteiger partial charge in [0.05, 0.1) is 18.3 Å². The SMILES string of the molecule is Fc1cc(OC(F)(F)c2ccc(C3CCC(C4CCCC4)CO3)cc2)ccc1OC(F)(F)F. The van der Waals surface area contributed by atoms with Gasteiger partial charge in [-0.1, -0.05) is 37.8 Å². The molecule has 2 aliphatic rings. The Morgan fingerprint density at radius 1 is 0.788 bits per heavy atom. The first kappa shape index (κ1) is 23.7. The summed E-state index contributed by atoms with van der Waals surface area (Å²) in [6.07, 6.45) is -2.13. The maximum atomic E-state index is 14.6. The van der Waals surface area contributed by atoms with Gasteiger partial charge in [0.1, 0.15) is 5.75 Å². The minimum absolute atomic E-state index is 0.151. The average Bonchev–Trinajstić information content (AvgIpc) is 3.30. The summed E-state index contributed by atoms with van der Waals surface area (Å²) in [5.74, 6) is -1.95. The van der Waals surface area contributed by atoms with Gasteiger partial charge in [-0.15, -0.1) is 13.2 Å². The Bertz CT molecular complexity index is 930. The van der Waals surface area contributed by atoms with E-state index >= 15 is 0 Å². The van der Waals surface area contributed by atoms with E-state index in [4.69, 9.17) is 4.74 Å². The Labute approximate surface area is 187 Å². The van der Waals surface area contributed by atoms with Crippen molar-refractivity contribution in [2.75, 3.05) is 6.61 Å². The van der Waals surface area contributed by atoms with E-state index in [9.17, 15) is 26.3 Å². The van der Waals surface area contributed by atoms with Crippen LogP contribution in [0.4, 0.5) is 26.3 Å². The first-order chi connectivity index (χ1) is 15.6. The molecule has 4 rings (SSSR count). The van der Waals surface area contributed by atoms with Gasteiger partial charge in [0.25, 0.3) is 0 Å². The molecule has 2 unspecified atom stereocenters. The number of ether oxygens (including phenoxy) is 3. The second-order valence-corrected chi connectivity index (χ2v) is 8.58. The summed E-state index contributed by atoms with van der Waals surface area (Å²) in [5, 5.41) is 0. The lowest BCUT2D eigenvalue weighted by Crippen LogP contribution is -2.26. The van der Waals surface area contributed by atoms with Crippen molar-refractivity contribution in [2.45, 2.75) is 57.1 Å². The summed E-state index contributed by atoms with van der Waals surface area (Å²) in [6.45, 7) is 0.677. The summed E-state index contributed by atoms with van der Waals surface area (Å²) in [7, 11) is 0. The number of benzene rings is 2. The highest BCUT2D eigenvalue weighted by Gasteiger charge is 2.36. The Morgan fingerprint density at radius 3 is 2.06 bits per heavy atom. The molecule has 0 radical (unpaired) electrons. The molecule has 1 aliphatic carbocycles. The van der Waals surface area contributed by atoms with Crippen molar-refractivity contribution in [3.63, 3.8) is 0 Å². The molecule has 0 bridgehead atoms. The van der Waals surface area contributed by atoms with Gasteiger partial charge in [0.2, 0.25) is 0 Å². The maximum absolute atomic E-state index is 14.6. The van der Waals surface area contributed by atoms with E-state index in [2.05, 4.69) is 9.47 Å². The summed E-state index contributed by atoms with van der Waals surface area (Å²) >= 11 is 0. The highest BCUT2D eigenvalue weighted by atomic mass is 19.4. The fourth-order valence-electron chi connectivity index (χ4n) is 4.69. The zero-order chi connectivity index (χ0) is 23.6. The Morgan fingerprint density at radius 2 is 1.48 bits per heavy atom. The van der Waals surface area contributed by atoms with Gasteiger partial charge < -0.3 is 14.2 Å². The zero-order valence-electron chi connectivity index (χ0n) is 17.7. The second-order valence-electron chi connectivity index (χ2n) is 8.58. The first-order valence-corrected chi connectivity index (χ1v) is 10.9. The molecule has 0 spiro atoms. The fourth-order valence-corrected chi connectivity index (χ4v) is 4.69. The highest BCUT2D eigenvalue weighted by Crippen LogP contribution is 2.40. The van der Waals surface area contributed by atoms with E-state index in [0.717, 1.165) is 30.4 Å². The number of halogens is 6. The monoisotopic (exact) mass is 474 g/mol. The van der Waals surface area contributed by atoms with Gasteiger partial charge in [0.15, 0.2) is 11.6 Å². The fraction of sp³-hybridized carbons (Fsp3) is 0.500. The van der Waals surface area contributed by atoms with Crippen LogP contribution < -0.4 is 9.47 Å². The molecule has 2 aromatic carbocycles. The third-order valence-electron chi connectivity index (χ3n) is 6.37. The quantitative estimate of drug-likeness (QED) is 0.406. The predicted molar refractivity (Wildman–Crippen MR) is 107 cm³/mol. The van der Waals surface area contributed by atoms with Crippen molar-refractivity contribution in [2.24, 2.45) is 11.8 Å². The molecule has 0 amide bonds. The molecule has 180 valence electrons. The zero-order valence-corrected chi connectivity index (χ0v) is 17.7. The van der Waals surface area contributed by atoms with Gasteiger partial charge in [-0.25, -0.2) is 4.39 Å². The van der Waals surface area contributed by atoms with E-state index < -0.39 is 35.4 Å². The molecule has 1 saturated carbocycles. The number of alkyl halides is 5. The summed E-state index contributed by atoms with van der Waals surface area (Å²) in [6, 6.07) is 7.29. The Hall–Kier alpha value is -2.42. The molecule has 9 heteroatoms. The minimum Gasteiger partial charge on any atom is -0.429 e. The van der Waals surface area contributed by atoms with Crippen LogP contribution in [0, 0.1) is 17.7 Å². The summed E-state index contributed by atoms with van der Waals surface area (Å²) in [5.41, 5.74) is 0.320. The van der Waals surface area contributed by atoms with Crippen LogP contribution in [0.1, 0.15) is 55.8 Å². The molecule has 33 heavy (non-hydrogen) atoms. The van der Waals surface area contributed by atoms with Crippen molar-refractivity contribution in [1.82, 2.24) is 0 Å². The summed E-state index contributed by atoms with van der Waals surface area (Å²) < 4.78 is 93.6. The molecule has 2 fully saturated rings. The Kier molecular flexibility index (Phi) is 6.79. The van der Waals surface area contributed by atoms with Gasteiger partial charge in [0, 0.05) is 6.07 Å². The lowest BCUT2D eigenvalue weighted by molar-refractivity contribution is -0.275. The van der Waals surface area contributed by atoms with E-state index in [1.54, 1.807) is 12.1 Å². The van der Waals surface area contributed by atoms with Crippen LogP contribution in [0.3, 0.4) is 0 Å². The van der Waals surface area contributed by atoms with Gasteiger partial charge in [-0.05, 0) is 54.5 Å². The third-order valence-corrected chi connectivity index (χ3v) is 6.37. The number of hydrogen-bond donors (Lipinski definition) is 0. The van der Waals surface area contributed by atoms with Crippen LogP contribution in [0.5, 0.6) is 11.5 Å². The summed E-state index contributed by atoms with van der Waals surface area (Å²) in [4.78, 5) is 0. The first-order valence-electron chi connectivity index (χ1n) is 10.9. The van der Waals surface area contributed by atoms with Crippen molar-refractivity contribution < 1.29 is 40.6 Å². The van der Waals surface area contributed by atoms with Gasteiger partial charge >= 0.3 is 12.5 Å². The van der Waals surface area contributed by atoms with Gasteiger partial charge in [-0.3, -0.25) is 0 Å². The molecule has 3 nitrogen and oxygen atoms in total. The lowest BCUT2D eigenvalue weighted by atomic mass is 9.84. The largest absolute Gasteiger partial charge is 0.573 e. The van der Waals surface area contributed by atoms with E-state index in [-0.39, 0.29) is 6.10 Å². The van der Waals surface area contributed by atoms with Crippen LogP contribution in [0.15, 0.2) is 42.5 Å². The second kappa shape index (κ2) is 9.44. The minimum atomic E-state index is -5.10. The van der Waals surface area contributed by atoms with E-state index in [1.807, 2.05) is 0 Å². The topological polar surface area (TPSA) is 27.7 Å². The van der Waals surface area contributed by atoms with Crippen LogP contribution in [0.25, 0.3) is 0 Å². The molecule has 0 aromatic heterocycles. The lowest BCUT2D eigenvalue weighted by Gasteiger charge is -2.32. The molecule has 2 aromatic rings. The third kappa shape index (κ3) is 5.93. The highest BCUT2D eigenvalue weighted by molar-refractivity contribution is 5.34. The van der Waals surface area contributed by atoms with Crippen LogP contribution in [-0.2, 0) is 10.8 Å². The molecule has 0 N–H and O–H groups in total. The Balaban J connectivity index is 1.37. The predicted octanol–water partition coefficient (Wildman–Crippen LogP) is 7.51. The van der Waals surface area contributed by atoms with E-state index in [0.29, 0.717) is 24.7 Å². The van der Waals surface area contributed by atoms with Gasteiger partial charge in [-0.2, -0.15) is 8.78 Å². The van der Waals surface area contributed by atoms with Crippen LogP contribution in [0.2, 0.25) is 0 Å².